The molecule has 0 aliphatic carbocycles. The first-order valence-corrected chi connectivity index (χ1v) is 9.94. The SMILES string of the molecule is CC1CCN(Cc2ccc(C(=O)NCCCc3ccc(F)cc3)cc2)CC1. The number of rotatable bonds is 7. The molecule has 0 radical (unpaired) electrons. The van der Waals surface area contributed by atoms with Crippen molar-refractivity contribution in [1.82, 2.24) is 10.2 Å². The standard InChI is InChI=1S/C23H29FN2O/c1-18-12-15-26(16-13-18)17-20-4-8-21(9-5-20)23(27)25-14-2-3-19-6-10-22(24)11-7-19/h4-11,18H,2-3,12-17H2,1H3,(H,25,27). The zero-order valence-electron chi connectivity index (χ0n) is 16.1. The molecule has 1 aliphatic rings. The van der Waals surface area contributed by atoms with Crippen molar-refractivity contribution in [3.05, 3.63) is 71.0 Å². The molecule has 0 spiro atoms. The number of benzene rings is 2. The Balaban J connectivity index is 1.40. The highest BCUT2D eigenvalue weighted by atomic mass is 19.1. The van der Waals surface area contributed by atoms with Crippen LogP contribution >= 0.6 is 0 Å². The molecule has 1 heterocycles. The Morgan fingerprint density at radius 2 is 1.67 bits per heavy atom. The van der Waals surface area contributed by atoms with Crippen LogP contribution in [0, 0.1) is 11.7 Å². The average molecular weight is 368 g/mol. The van der Waals surface area contributed by atoms with Gasteiger partial charge in [-0.15, -0.1) is 0 Å². The van der Waals surface area contributed by atoms with Crippen molar-refractivity contribution in [3.8, 4) is 0 Å². The van der Waals surface area contributed by atoms with Gasteiger partial charge in [-0.05, 0) is 80.1 Å². The molecule has 4 heteroatoms. The van der Waals surface area contributed by atoms with Crippen LogP contribution in [0.4, 0.5) is 4.39 Å². The molecule has 0 aromatic heterocycles. The normalized spacial score (nSPS) is 15.6. The van der Waals surface area contributed by atoms with Crippen LogP contribution in [0.25, 0.3) is 0 Å². The molecular formula is C23H29FN2O. The van der Waals surface area contributed by atoms with Crippen LogP contribution in [0.15, 0.2) is 48.5 Å². The molecule has 144 valence electrons. The number of carbonyl (C=O) groups is 1. The Morgan fingerprint density at radius 1 is 1.04 bits per heavy atom. The predicted molar refractivity (Wildman–Crippen MR) is 107 cm³/mol. The summed E-state index contributed by atoms with van der Waals surface area (Å²) in [5.74, 6) is 0.591. The Labute approximate surface area is 161 Å². The van der Waals surface area contributed by atoms with Gasteiger partial charge in [0.2, 0.25) is 0 Å². The minimum atomic E-state index is -0.217. The predicted octanol–water partition coefficient (Wildman–Crippen LogP) is 4.42. The van der Waals surface area contributed by atoms with E-state index in [1.807, 2.05) is 12.1 Å². The highest BCUT2D eigenvalue weighted by Gasteiger charge is 2.15. The first-order chi connectivity index (χ1) is 13.1. The van der Waals surface area contributed by atoms with Crippen LogP contribution in [0.2, 0.25) is 0 Å². The Bertz CT molecular complexity index is 719. The molecule has 2 aromatic rings. The van der Waals surface area contributed by atoms with Gasteiger partial charge in [-0.3, -0.25) is 9.69 Å². The number of aryl methyl sites for hydroxylation is 1. The fraction of sp³-hybridized carbons (Fsp3) is 0.435. The highest BCUT2D eigenvalue weighted by molar-refractivity contribution is 5.94. The summed E-state index contributed by atoms with van der Waals surface area (Å²) in [4.78, 5) is 14.8. The molecule has 27 heavy (non-hydrogen) atoms. The molecule has 1 amide bonds. The lowest BCUT2D eigenvalue weighted by molar-refractivity contribution is 0.0953. The first kappa shape index (κ1) is 19.6. The van der Waals surface area contributed by atoms with Crippen LogP contribution in [-0.4, -0.2) is 30.4 Å². The molecule has 0 bridgehead atoms. The number of piperidine rings is 1. The summed E-state index contributed by atoms with van der Waals surface area (Å²) in [6.45, 7) is 6.23. The Kier molecular flexibility index (Phi) is 6.99. The molecule has 1 N–H and O–H groups in total. The first-order valence-electron chi connectivity index (χ1n) is 9.94. The summed E-state index contributed by atoms with van der Waals surface area (Å²) in [5.41, 5.74) is 3.05. The minimum absolute atomic E-state index is 0.0348. The van der Waals surface area contributed by atoms with E-state index in [2.05, 4.69) is 29.3 Å². The van der Waals surface area contributed by atoms with Gasteiger partial charge in [0.25, 0.3) is 5.91 Å². The van der Waals surface area contributed by atoms with Gasteiger partial charge in [-0.25, -0.2) is 4.39 Å². The zero-order valence-corrected chi connectivity index (χ0v) is 16.1. The van der Waals surface area contributed by atoms with Crippen molar-refractivity contribution < 1.29 is 9.18 Å². The van der Waals surface area contributed by atoms with Crippen molar-refractivity contribution in [3.63, 3.8) is 0 Å². The van der Waals surface area contributed by atoms with Crippen LogP contribution in [-0.2, 0) is 13.0 Å². The van der Waals surface area contributed by atoms with E-state index in [1.54, 1.807) is 12.1 Å². The maximum Gasteiger partial charge on any atom is 0.251 e. The summed E-state index contributed by atoms with van der Waals surface area (Å²) in [7, 11) is 0. The van der Waals surface area contributed by atoms with E-state index in [0.717, 1.165) is 44.0 Å². The summed E-state index contributed by atoms with van der Waals surface area (Å²) in [5, 5.41) is 2.96. The van der Waals surface area contributed by atoms with Gasteiger partial charge >= 0.3 is 0 Å². The number of nitrogens with zero attached hydrogens (tertiary/aromatic N) is 1. The summed E-state index contributed by atoms with van der Waals surface area (Å²) in [6.07, 6.45) is 4.22. The van der Waals surface area contributed by atoms with Gasteiger partial charge in [0.05, 0.1) is 0 Å². The Morgan fingerprint density at radius 3 is 2.33 bits per heavy atom. The zero-order chi connectivity index (χ0) is 19.1. The lowest BCUT2D eigenvalue weighted by Gasteiger charge is -2.30. The van der Waals surface area contributed by atoms with E-state index in [1.165, 1.54) is 30.5 Å². The largest absolute Gasteiger partial charge is 0.352 e. The number of halogens is 1. The number of hydrogen-bond donors (Lipinski definition) is 1. The summed E-state index contributed by atoms with van der Waals surface area (Å²) in [6, 6.07) is 14.5. The van der Waals surface area contributed by atoms with Crippen molar-refractivity contribution in [2.24, 2.45) is 5.92 Å². The van der Waals surface area contributed by atoms with Crippen LogP contribution in [0.1, 0.15) is 47.7 Å². The number of nitrogens with one attached hydrogen (secondary N) is 1. The maximum absolute atomic E-state index is 12.9. The van der Waals surface area contributed by atoms with Crippen molar-refractivity contribution >= 4 is 5.91 Å². The molecule has 0 unspecified atom stereocenters. The van der Waals surface area contributed by atoms with E-state index in [4.69, 9.17) is 0 Å². The van der Waals surface area contributed by atoms with Crippen LogP contribution in [0.5, 0.6) is 0 Å². The third-order valence-corrected chi connectivity index (χ3v) is 5.34. The lowest BCUT2D eigenvalue weighted by Crippen LogP contribution is -2.32. The van der Waals surface area contributed by atoms with E-state index in [9.17, 15) is 9.18 Å². The molecule has 0 atom stereocenters. The average Bonchev–Trinajstić information content (AvgIpc) is 2.69. The van der Waals surface area contributed by atoms with Gasteiger partial charge in [0.1, 0.15) is 5.82 Å². The van der Waals surface area contributed by atoms with Crippen molar-refractivity contribution in [2.75, 3.05) is 19.6 Å². The number of amides is 1. The van der Waals surface area contributed by atoms with Crippen LogP contribution in [0.3, 0.4) is 0 Å². The molecule has 1 aliphatic heterocycles. The third kappa shape index (κ3) is 6.17. The van der Waals surface area contributed by atoms with Gasteiger partial charge in [0, 0.05) is 18.7 Å². The monoisotopic (exact) mass is 368 g/mol. The molecule has 1 saturated heterocycles. The second kappa shape index (κ2) is 9.65. The number of likely N-dealkylation sites (tertiary alicyclic amines) is 1. The molecule has 1 fully saturated rings. The van der Waals surface area contributed by atoms with E-state index in [0.29, 0.717) is 12.1 Å². The van der Waals surface area contributed by atoms with Crippen molar-refractivity contribution in [2.45, 2.75) is 39.2 Å². The number of hydrogen-bond acceptors (Lipinski definition) is 2. The maximum atomic E-state index is 12.9. The summed E-state index contributed by atoms with van der Waals surface area (Å²) < 4.78 is 12.9. The van der Waals surface area contributed by atoms with Crippen molar-refractivity contribution in [1.29, 1.82) is 0 Å². The highest BCUT2D eigenvalue weighted by Crippen LogP contribution is 2.18. The topological polar surface area (TPSA) is 32.3 Å². The van der Waals surface area contributed by atoms with Gasteiger partial charge in [-0.1, -0.05) is 31.2 Å². The molecule has 0 saturated carbocycles. The fourth-order valence-corrected chi connectivity index (χ4v) is 3.49. The molecule has 3 nitrogen and oxygen atoms in total. The van der Waals surface area contributed by atoms with Gasteiger partial charge in [0.15, 0.2) is 0 Å². The van der Waals surface area contributed by atoms with E-state index in [-0.39, 0.29) is 11.7 Å². The van der Waals surface area contributed by atoms with E-state index >= 15 is 0 Å². The Hall–Kier alpha value is -2.20. The smallest absolute Gasteiger partial charge is 0.251 e. The fourth-order valence-electron chi connectivity index (χ4n) is 3.49. The van der Waals surface area contributed by atoms with Crippen LogP contribution < -0.4 is 5.32 Å². The van der Waals surface area contributed by atoms with E-state index < -0.39 is 0 Å². The summed E-state index contributed by atoms with van der Waals surface area (Å²) >= 11 is 0. The molecule has 2 aromatic carbocycles. The number of carbonyl (C=O) groups excluding carboxylic acids is 1. The minimum Gasteiger partial charge on any atom is -0.352 e. The third-order valence-electron chi connectivity index (χ3n) is 5.34. The molecular weight excluding hydrogens is 339 g/mol. The second-order valence-electron chi connectivity index (χ2n) is 7.64. The van der Waals surface area contributed by atoms with Gasteiger partial charge in [-0.2, -0.15) is 0 Å². The quantitative estimate of drug-likeness (QED) is 0.734. The van der Waals surface area contributed by atoms with Gasteiger partial charge < -0.3 is 5.32 Å². The lowest BCUT2D eigenvalue weighted by atomic mass is 9.99. The second-order valence-corrected chi connectivity index (χ2v) is 7.64. The molecule has 3 rings (SSSR count).